The number of nitrogens with zero attached hydrogens (tertiary/aromatic N) is 1. The topological polar surface area (TPSA) is 16.4 Å². The van der Waals surface area contributed by atoms with E-state index in [0.29, 0.717) is 5.56 Å². The van der Waals surface area contributed by atoms with E-state index in [1.807, 2.05) is 66.7 Å². The second-order valence-corrected chi connectivity index (χ2v) is 12.0. The Balaban J connectivity index is 1.12. The number of hydrogen-bond donors (Lipinski definition) is 0. The molecule has 0 fully saturated rings. The maximum absolute atomic E-state index is 8.89. The molecule has 0 amide bonds. The molecule has 0 aliphatic rings. The summed E-state index contributed by atoms with van der Waals surface area (Å²) < 4.78 is 65.7. The molecule has 236 valence electrons. The fourth-order valence-electron chi connectivity index (χ4n) is 6.59. The fraction of sp³-hybridized carbons (Fsp3) is 0. The quantitative estimate of drug-likeness (QED) is 0.171. The van der Waals surface area contributed by atoms with Gasteiger partial charge in [0, 0.05) is 33.4 Å². The Morgan fingerprint density at radius 3 is 1.58 bits per heavy atom. The normalized spacial score (nSPS) is 13.2. The molecule has 9 aromatic rings. The van der Waals surface area contributed by atoms with Gasteiger partial charge in [-0.2, -0.15) is 0 Å². The summed E-state index contributed by atoms with van der Waals surface area (Å²) in [7, 11) is 0. The van der Waals surface area contributed by atoms with Crippen LogP contribution < -0.4 is 4.90 Å². The molecule has 0 saturated carbocycles. The highest BCUT2D eigenvalue weighted by Crippen LogP contribution is 2.40. The van der Waals surface area contributed by atoms with E-state index in [4.69, 9.17) is 14.0 Å². The van der Waals surface area contributed by atoms with Crippen molar-refractivity contribution in [1.82, 2.24) is 0 Å². The second kappa shape index (κ2) is 12.8. The van der Waals surface area contributed by atoms with Gasteiger partial charge < -0.3 is 9.32 Å². The van der Waals surface area contributed by atoms with Gasteiger partial charge in [-0.3, -0.25) is 0 Å². The molecule has 0 saturated heterocycles. The third-order valence-electron chi connectivity index (χ3n) is 9.01. The predicted molar refractivity (Wildman–Crippen MR) is 210 cm³/mol. The molecule has 1 aromatic heterocycles. The van der Waals surface area contributed by atoms with Gasteiger partial charge in [0.1, 0.15) is 11.2 Å². The smallest absolute Gasteiger partial charge is 0.143 e. The van der Waals surface area contributed by atoms with Gasteiger partial charge in [-0.1, -0.05) is 152 Å². The summed E-state index contributed by atoms with van der Waals surface area (Å²) in [6, 6.07) is 50.9. The highest BCUT2D eigenvalue weighted by molar-refractivity contribution is 6.09. The molecule has 2 nitrogen and oxygen atoms in total. The van der Waals surface area contributed by atoms with E-state index in [1.165, 1.54) is 5.56 Å². The average molecular weight is 647 g/mol. The van der Waals surface area contributed by atoms with E-state index < -0.39 is 12.1 Å². The van der Waals surface area contributed by atoms with Crippen LogP contribution in [0.25, 0.3) is 66.4 Å². The van der Waals surface area contributed by atoms with Crippen LogP contribution in [0.5, 0.6) is 0 Å². The summed E-state index contributed by atoms with van der Waals surface area (Å²) in [5.41, 5.74) is 10.3. The third-order valence-corrected chi connectivity index (χ3v) is 9.01. The van der Waals surface area contributed by atoms with Crippen molar-refractivity contribution in [2.75, 3.05) is 4.90 Å². The van der Waals surface area contributed by atoms with E-state index in [-0.39, 0.29) is 57.7 Å². The zero-order valence-corrected chi connectivity index (χ0v) is 26.9. The van der Waals surface area contributed by atoms with Crippen LogP contribution in [0.2, 0.25) is 0 Å². The number of rotatable bonds is 7. The van der Waals surface area contributed by atoms with Gasteiger partial charge in [0.15, 0.2) is 0 Å². The van der Waals surface area contributed by atoms with Crippen molar-refractivity contribution in [3.63, 3.8) is 0 Å². The van der Waals surface area contributed by atoms with Gasteiger partial charge in [-0.05, 0) is 87.5 Å². The highest BCUT2D eigenvalue weighted by atomic mass is 16.3. The minimum absolute atomic E-state index is 0.0366. The molecule has 0 aliphatic carbocycles. The lowest BCUT2D eigenvalue weighted by Crippen LogP contribution is -2.09. The summed E-state index contributed by atoms with van der Waals surface area (Å²) in [5, 5.41) is 0.128. The molecule has 0 unspecified atom stereocenters. The first-order valence-electron chi connectivity index (χ1n) is 19.9. The Bertz CT molecular complexity index is 2950. The van der Waals surface area contributed by atoms with Crippen LogP contribution in [-0.4, -0.2) is 0 Å². The summed E-state index contributed by atoms with van der Waals surface area (Å²) >= 11 is 0. The van der Waals surface area contributed by atoms with Crippen molar-refractivity contribution in [3.8, 4) is 44.5 Å². The molecule has 0 atom stereocenters. The van der Waals surface area contributed by atoms with Crippen molar-refractivity contribution in [2.45, 2.75) is 0 Å². The lowest BCUT2D eigenvalue weighted by atomic mass is 9.91. The van der Waals surface area contributed by atoms with Crippen molar-refractivity contribution >= 4 is 39.0 Å². The number of furan rings is 1. The molecule has 1 heterocycles. The maximum atomic E-state index is 8.89. The number of para-hydroxylation sites is 3. The zero-order chi connectivity index (χ0) is 39.4. The third kappa shape index (κ3) is 5.43. The molecule has 0 aliphatic heterocycles. The minimum atomic E-state index is -0.451. The lowest BCUT2D eigenvalue weighted by Gasteiger charge is -2.26. The van der Waals surface area contributed by atoms with Crippen molar-refractivity contribution in [1.29, 1.82) is 0 Å². The van der Waals surface area contributed by atoms with Gasteiger partial charge in [-0.25, -0.2) is 0 Å². The number of hydrogen-bond acceptors (Lipinski definition) is 2. The van der Waals surface area contributed by atoms with Crippen molar-refractivity contribution in [3.05, 3.63) is 200 Å². The average Bonchev–Trinajstić information content (AvgIpc) is 3.66. The Labute approximate surface area is 302 Å². The minimum Gasteiger partial charge on any atom is -0.455 e. The molecule has 0 radical (unpaired) electrons. The predicted octanol–water partition coefficient (Wildman–Crippen LogP) is 13.7. The summed E-state index contributed by atoms with van der Waals surface area (Å²) in [4.78, 5) is 2.13. The van der Waals surface area contributed by atoms with E-state index >= 15 is 0 Å². The molecule has 9 rings (SSSR count). The largest absolute Gasteiger partial charge is 0.455 e. The molecule has 50 heavy (non-hydrogen) atoms. The van der Waals surface area contributed by atoms with E-state index in [2.05, 4.69) is 95.9 Å². The van der Waals surface area contributed by atoms with Crippen LogP contribution in [0.4, 0.5) is 17.1 Å². The van der Waals surface area contributed by atoms with Crippen LogP contribution in [0.3, 0.4) is 0 Å². The standard InChI is InChI=1S/C48H33NO/c1-4-13-35(14-5-1)42-32-27-38(33-46(42)36-15-6-2-7-16-36)34-23-28-40(29-24-34)49(39-17-8-3-9-18-39)41-30-25-37(26-31-41)43-20-12-21-45-44-19-10-11-22-47(44)50-48(43)45/h1-33H/i10D,11D,12D,19D,20D,21D,22D. The van der Waals surface area contributed by atoms with Crippen LogP contribution in [-0.2, 0) is 0 Å². The second-order valence-electron chi connectivity index (χ2n) is 12.0. The lowest BCUT2D eigenvalue weighted by molar-refractivity contribution is 0.670. The van der Waals surface area contributed by atoms with Crippen LogP contribution in [0, 0.1) is 0 Å². The molecular formula is C48H33NO. The molecule has 8 aromatic carbocycles. The number of benzene rings is 8. The van der Waals surface area contributed by atoms with Gasteiger partial charge in [0.25, 0.3) is 0 Å². The monoisotopic (exact) mass is 646 g/mol. The van der Waals surface area contributed by atoms with Crippen LogP contribution in [0.1, 0.15) is 9.60 Å². The van der Waals surface area contributed by atoms with Gasteiger partial charge in [-0.15, -0.1) is 0 Å². The van der Waals surface area contributed by atoms with Gasteiger partial charge in [0.05, 0.1) is 9.60 Å². The Kier molecular flexibility index (Phi) is 5.83. The number of anilines is 3. The first-order valence-corrected chi connectivity index (χ1v) is 16.4. The number of fused-ring (bicyclic) bond motifs is 3. The summed E-state index contributed by atoms with van der Waals surface area (Å²) in [6.45, 7) is 0. The molecule has 0 N–H and O–H groups in total. The maximum Gasteiger partial charge on any atom is 0.143 e. The Morgan fingerprint density at radius 1 is 0.380 bits per heavy atom. The Morgan fingerprint density at radius 2 is 0.900 bits per heavy atom. The first kappa shape index (κ1) is 22.8. The van der Waals surface area contributed by atoms with Crippen LogP contribution in [0.15, 0.2) is 204 Å². The highest BCUT2D eigenvalue weighted by Gasteiger charge is 2.16. The van der Waals surface area contributed by atoms with E-state index in [0.717, 1.165) is 44.9 Å². The molecule has 2 heteroatoms. The van der Waals surface area contributed by atoms with E-state index in [9.17, 15) is 0 Å². The first-order chi connectivity index (χ1) is 27.7. The van der Waals surface area contributed by atoms with Crippen molar-refractivity contribution in [2.24, 2.45) is 0 Å². The van der Waals surface area contributed by atoms with Crippen LogP contribution >= 0.6 is 0 Å². The van der Waals surface area contributed by atoms with E-state index in [1.54, 1.807) is 0 Å². The molecular weight excluding hydrogens is 607 g/mol. The van der Waals surface area contributed by atoms with Gasteiger partial charge in [0.2, 0.25) is 0 Å². The summed E-state index contributed by atoms with van der Waals surface area (Å²) in [6.07, 6.45) is 0. The zero-order valence-electron chi connectivity index (χ0n) is 33.9. The Hall–Kier alpha value is -6.64. The van der Waals surface area contributed by atoms with Gasteiger partial charge >= 0.3 is 0 Å². The molecule has 0 bridgehead atoms. The van der Waals surface area contributed by atoms with Crippen molar-refractivity contribution < 1.29 is 14.0 Å². The fourth-order valence-corrected chi connectivity index (χ4v) is 6.59. The SMILES string of the molecule is [2H]c1c([2H])c([2H])c2c(oc3c(-c4ccc(N(c5ccccc5)c5ccc(-c6ccc(-c7ccccc7)c(-c7ccccc7)c6)cc5)cc4)c([2H])c([2H])c([2H])c32)c1[2H]. The summed E-state index contributed by atoms with van der Waals surface area (Å²) in [5.74, 6) is 0. The molecule has 0 spiro atoms.